The Morgan fingerprint density at radius 2 is 1.94 bits per heavy atom. The summed E-state index contributed by atoms with van der Waals surface area (Å²) in [5, 5.41) is 0. The van der Waals surface area contributed by atoms with Crippen molar-refractivity contribution in [2.45, 2.75) is 13.8 Å². The van der Waals surface area contributed by atoms with Crippen molar-refractivity contribution in [2.75, 3.05) is 7.11 Å². The topological polar surface area (TPSA) is 44.4 Å². The number of methoxy groups -OCH3 is 1. The van der Waals surface area contributed by atoms with Crippen molar-refractivity contribution in [1.82, 2.24) is 4.57 Å². The summed E-state index contributed by atoms with van der Waals surface area (Å²) in [4.78, 5) is 11.7. The Bertz CT molecular complexity index is 566. The highest BCUT2D eigenvalue weighted by molar-refractivity contribution is 5.47. The molecule has 0 aliphatic carbocycles. The van der Waals surface area contributed by atoms with Crippen LogP contribution >= 0.6 is 0 Å². The molecule has 0 bridgehead atoms. The third-order valence-electron chi connectivity index (χ3n) is 2.59. The lowest BCUT2D eigenvalue weighted by molar-refractivity contribution is 0.410. The number of aryl methyl sites for hydroxylation is 1. The fourth-order valence-corrected chi connectivity index (χ4v) is 1.64. The predicted octanol–water partition coefficient (Wildman–Crippen LogP) is 2.06. The fourth-order valence-electron chi connectivity index (χ4n) is 1.64. The lowest BCUT2D eigenvalue weighted by Crippen LogP contribution is -2.14. The Labute approximate surface area is 93.1 Å². The molecule has 0 spiro atoms. The number of nitrogens with zero attached hydrogens (tertiary/aromatic N) is 1. The number of hydrogen-bond acceptors (Lipinski definition) is 3. The summed E-state index contributed by atoms with van der Waals surface area (Å²) in [6.45, 7) is 3.61. The molecule has 0 atom stereocenters. The quantitative estimate of drug-likeness (QED) is 0.776. The van der Waals surface area contributed by atoms with Crippen molar-refractivity contribution < 1.29 is 9.15 Å². The van der Waals surface area contributed by atoms with E-state index in [9.17, 15) is 4.79 Å². The standard InChI is InChI=1S/C12H13NO3/c1-8-9(2)16-12(14)13(8)10-6-4-5-7-11(10)15-3/h4-7H,1-3H3. The summed E-state index contributed by atoms with van der Waals surface area (Å²) >= 11 is 0. The smallest absolute Gasteiger partial charge is 0.424 e. The molecule has 1 aromatic carbocycles. The molecule has 0 saturated heterocycles. The van der Waals surface area contributed by atoms with Crippen LogP contribution in [0.3, 0.4) is 0 Å². The van der Waals surface area contributed by atoms with Gasteiger partial charge in [-0.15, -0.1) is 0 Å². The first kappa shape index (κ1) is 10.5. The van der Waals surface area contributed by atoms with E-state index in [1.54, 1.807) is 14.0 Å². The van der Waals surface area contributed by atoms with Crippen LogP contribution in [0.15, 0.2) is 33.5 Å². The lowest BCUT2D eigenvalue weighted by Gasteiger charge is -2.08. The number of oxazole rings is 1. The normalized spacial score (nSPS) is 10.4. The summed E-state index contributed by atoms with van der Waals surface area (Å²) in [6.07, 6.45) is 0. The molecule has 1 aromatic heterocycles. The minimum absolute atomic E-state index is 0.389. The zero-order valence-corrected chi connectivity index (χ0v) is 9.48. The molecule has 2 rings (SSSR count). The summed E-state index contributed by atoms with van der Waals surface area (Å²) < 4.78 is 11.8. The molecule has 16 heavy (non-hydrogen) atoms. The Balaban J connectivity index is 2.72. The van der Waals surface area contributed by atoms with Gasteiger partial charge in [0.05, 0.1) is 18.5 Å². The average molecular weight is 219 g/mol. The first-order valence-corrected chi connectivity index (χ1v) is 4.97. The second-order valence-corrected chi connectivity index (χ2v) is 3.52. The number of benzene rings is 1. The first-order valence-electron chi connectivity index (χ1n) is 4.97. The predicted molar refractivity (Wildman–Crippen MR) is 60.3 cm³/mol. The fraction of sp³-hybridized carbons (Fsp3) is 0.250. The van der Waals surface area contributed by atoms with Gasteiger partial charge >= 0.3 is 5.76 Å². The van der Waals surface area contributed by atoms with E-state index < -0.39 is 0 Å². The molecule has 0 aliphatic heterocycles. The molecule has 2 aromatic rings. The average Bonchev–Trinajstić information content (AvgIpc) is 2.53. The highest BCUT2D eigenvalue weighted by atomic mass is 16.5. The van der Waals surface area contributed by atoms with Gasteiger partial charge in [-0.25, -0.2) is 9.36 Å². The van der Waals surface area contributed by atoms with Crippen molar-refractivity contribution in [3.05, 3.63) is 46.3 Å². The van der Waals surface area contributed by atoms with Gasteiger partial charge in [-0.1, -0.05) is 12.1 Å². The van der Waals surface area contributed by atoms with E-state index in [4.69, 9.17) is 9.15 Å². The molecule has 1 heterocycles. The van der Waals surface area contributed by atoms with Gasteiger partial charge in [0.15, 0.2) is 0 Å². The molecule has 0 amide bonds. The Kier molecular flexibility index (Phi) is 2.56. The number of aromatic nitrogens is 1. The molecule has 4 nitrogen and oxygen atoms in total. The van der Waals surface area contributed by atoms with E-state index in [0.717, 1.165) is 5.69 Å². The summed E-state index contributed by atoms with van der Waals surface area (Å²) in [6, 6.07) is 7.34. The minimum atomic E-state index is -0.389. The molecule has 0 N–H and O–H groups in total. The first-order chi connectivity index (χ1) is 7.65. The van der Waals surface area contributed by atoms with E-state index in [1.807, 2.05) is 31.2 Å². The molecular formula is C12H13NO3. The summed E-state index contributed by atoms with van der Waals surface area (Å²) in [5.41, 5.74) is 1.49. The monoisotopic (exact) mass is 219 g/mol. The third-order valence-corrected chi connectivity index (χ3v) is 2.59. The highest BCUT2D eigenvalue weighted by Gasteiger charge is 2.14. The van der Waals surface area contributed by atoms with Crippen molar-refractivity contribution >= 4 is 0 Å². The molecule has 0 aliphatic rings. The van der Waals surface area contributed by atoms with Crippen LogP contribution in [0.5, 0.6) is 5.75 Å². The van der Waals surface area contributed by atoms with E-state index >= 15 is 0 Å². The van der Waals surface area contributed by atoms with Crippen LogP contribution in [0.4, 0.5) is 0 Å². The highest BCUT2D eigenvalue weighted by Crippen LogP contribution is 2.22. The van der Waals surface area contributed by atoms with E-state index in [1.165, 1.54) is 4.57 Å². The molecule has 4 heteroatoms. The van der Waals surface area contributed by atoms with Gasteiger partial charge in [0.25, 0.3) is 0 Å². The number of rotatable bonds is 2. The number of ether oxygens (including phenoxy) is 1. The largest absolute Gasteiger partial charge is 0.495 e. The van der Waals surface area contributed by atoms with Crippen molar-refractivity contribution in [3.63, 3.8) is 0 Å². The molecule has 0 unspecified atom stereocenters. The molecule has 84 valence electrons. The van der Waals surface area contributed by atoms with Crippen molar-refractivity contribution in [2.24, 2.45) is 0 Å². The van der Waals surface area contributed by atoms with Crippen LogP contribution < -0.4 is 10.5 Å². The molecule has 0 saturated carbocycles. The lowest BCUT2D eigenvalue weighted by atomic mass is 10.2. The van der Waals surface area contributed by atoms with Crippen LogP contribution in [0.1, 0.15) is 11.5 Å². The van der Waals surface area contributed by atoms with Crippen molar-refractivity contribution in [3.8, 4) is 11.4 Å². The second kappa shape index (κ2) is 3.89. The van der Waals surface area contributed by atoms with Crippen LogP contribution in [-0.4, -0.2) is 11.7 Å². The maximum Gasteiger partial charge on any atom is 0.424 e. The van der Waals surface area contributed by atoms with E-state index in [-0.39, 0.29) is 5.76 Å². The Morgan fingerprint density at radius 1 is 1.25 bits per heavy atom. The van der Waals surface area contributed by atoms with E-state index in [2.05, 4.69) is 0 Å². The van der Waals surface area contributed by atoms with Crippen molar-refractivity contribution in [1.29, 1.82) is 0 Å². The van der Waals surface area contributed by atoms with Gasteiger partial charge in [0.1, 0.15) is 11.5 Å². The second-order valence-electron chi connectivity index (χ2n) is 3.52. The minimum Gasteiger partial charge on any atom is -0.495 e. The molecule has 0 radical (unpaired) electrons. The van der Waals surface area contributed by atoms with E-state index in [0.29, 0.717) is 17.2 Å². The number of hydrogen-bond donors (Lipinski definition) is 0. The number of para-hydroxylation sites is 2. The third kappa shape index (κ3) is 1.52. The molecular weight excluding hydrogens is 206 g/mol. The summed E-state index contributed by atoms with van der Waals surface area (Å²) in [5.74, 6) is 0.879. The van der Waals surface area contributed by atoms with Gasteiger partial charge in [-0.3, -0.25) is 0 Å². The maximum atomic E-state index is 11.7. The van der Waals surface area contributed by atoms with Gasteiger partial charge in [-0.05, 0) is 26.0 Å². The summed E-state index contributed by atoms with van der Waals surface area (Å²) in [7, 11) is 1.58. The zero-order chi connectivity index (χ0) is 11.7. The molecule has 0 fully saturated rings. The van der Waals surface area contributed by atoms with Gasteiger partial charge < -0.3 is 9.15 Å². The van der Waals surface area contributed by atoms with Crippen LogP contribution in [0, 0.1) is 13.8 Å². The van der Waals surface area contributed by atoms with Gasteiger partial charge in [0, 0.05) is 0 Å². The van der Waals surface area contributed by atoms with Crippen LogP contribution in [0.2, 0.25) is 0 Å². The van der Waals surface area contributed by atoms with Crippen LogP contribution in [-0.2, 0) is 0 Å². The maximum absolute atomic E-state index is 11.7. The van der Waals surface area contributed by atoms with Gasteiger partial charge in [0.2, 0.25) is 0 Å². The Hall–Kier alpha value is -1.97. The zero-order valence-electron chi connectivity index (χ0n) is 9.48. The Morgan fingerprint density at radius 3 is 2.50 bits per heavy atom. The van der Waals surface area contributed by atoms with Crippen LogP contribution in [0.25, 0.3) is 5.69 Å². The SMILES string of the molecule is COc1ccccc1-n1c(C)c(C)oc1=O. The van der Waals surface area contributed by atoms with Gasteiger partial charge in [-0.2, -0.15) is 0 Å².